The normalized spacial score (nSPS) is 13.9. The molecule has 19 heavy (non-hydrogen) atoms. The number of aryl methyl sites for hydroxylation is 1. The average Bonchev–Trinajstić information content (AvgIpc) is 2.39. The van der Waals surface area contributed by atoms with Crippen LogP contribution in [-0.4, -0.2) is 18.9 Å². The number of hydrogen-bond donors (Lipinski definition) is 1. The summed E-state index contributed by atoms with van der Waals surface area (Å²) in [5.41, 5.74) is 2.72. The number of imide groups is 1. The lowest BCUT2D eigenvalue weighted by atomic mass is 9.98. The van der Waals surface area contributed by atoms with Gasteiger partial charge in [-0.1, -0.05) is 12.1 Å². The van der Waals surface area contributed by atoms with Gasteiger partial charge in [0.2, 0.25) is 11.8 Å². The van der Waals surface area contributed by atoms with E-state index in [1.165, 1.54) is 0 Å². The number of nitrogens with zero attached hydrogens (tertiary/aromatic N) is 2. The summed E-state index contributed by atoms with van der Waals surface area (Å²) in [7, 11) is 1.87. The number of carbonyl (C=O) groups is 2. The third-order valence-electron chi connectivity index (χ3n) is 3.10. The summed E-state index contributed by atoms with van der Waals surface area (Å²) in [5, 5.41) is 11.7. The largest absolute Gasteiger partial charge is 0.316 e. The molecule has 98 valence electrons. The molecule has 0 unspecified atom stereocenters. The number of amides is 2. The summed E-state index contributed by atoms with van der Waals surface area (Å²) in [6.07, 6.45) is 0.679. The number of hydrogen-bond acceptors (Lipinski definition) is 4. The quantitative estimate of drug-likeness (QED) is 0.880. The molecule has 5 heteroatoms. The Labute approximate surface area is 111 Å². The lowest BCUT2D eigenvalue weighted by Gasteiger charge is -2.27. The standard InChI is InChI=1S/C14H15N3O2/c1-16-9-10-2-4-12-11(8-10)3-5-13(18)17(12)14(19)6-7-15/h2,4,8,16H,3,5-6,9H2,1H3. The van der Waals surface area contributed by atoms with Gasteiger partial charge in [0.05, 0.1) is 11.8 Å². The lowest BCUT2D eigenvalue weighted by Crippen LogP contribution is -2.40. The van der Waals surface area contributed by atoms with Gasteiger partial charge in [0.25, 0.3) is 0 Å². The molecule has 0 atom stereocenters. The molecule has 2 amide bonds. The topological polar surface area (TPSA) is 73.2 Å². The number of carbonyl (C=O) groups excluding carboxylic acids is 2. The van der Waals surface area contributed by atoms with Gasteiger partial charge in [-0.05, 0) is 30.7 Å². The Morgan fingerprint density at radius 2 is 2.26 bits per heavy atom. The zero-order chi connectivity index (χ0) is 13.8. The van der Waals surface area contributed by atoms with Gasteiger partial charge in [-0.3, -0.25) is 9.59 Å². The van der Waals surface area contributed by atoms with Crippen molar-refractivity contribution in [2.45, 2.75) is 25.8 Å². The zero-order valence-electron chi connectivity index (χ0n) is 10.8. The molecule has 0 saturated carbocycles. The Balaban J connectivity index is 2.37. The first-order valence-corrected chi connectivity index (χ1v) is 6.16. The fourth-order valence-corrected chi connectivity index (χ4v) is 2.28. The summed E-state index contributed by atoms with van der Waals surface area (Å²) < 4.78 is 0. The van der Waals surface area contributed by atoms with E-state index in [-0.39, 0.29) is 12.3 Å². The maximum atomic E-state index is 11.9. The summed E-state index contributed by atoms with van der Waals surface area (Å²) in [4.78, 5) is 24.9. The Morgan fingerprint density at radius 3 is 2.95 bits per heavy atom. The van der Waals surface area contributed by atoms with Crippen molar-refractivity contribution in [3.63, 3.8) is 0 Å². The van der Waals surface area contributed by atoms with Crippen LogP contribution in [0.25, 0.3) is 0 Å². The predicted octanol–water partition coefficient (Wildman–Crippen LogP) is 1.13. The minimum absolute atomic E-state index is 0.228. The van der Waals surface area contributed by atoms with E-state index in [9.17, 15) is 9.59 Å². The van der Waals surface area contributed by atoms with Gasteiger partial charge in [0.1, 0.15) is 6.42 Å². The second-order valence-corrected chi connectivity index (χ2v) is 4.45. The minimum Gasteiger partial charge on any atom is -0.316 e. The number of rotatable bonds is 3. The van der Waals surface area contributed by atoms with Crippen LogP contribution in [0.15, 0.2) is 18.2 Å². The van der Waals surface area contributed by atoms with Crippen LogP contribution < -0.4 is 10.2 Å². The number of benzene rings is 1. The highest BCUT2D eigenvalue weighted by Gasteiger charge is 2.29. The van der Waals surface area contributed by atoms with Crippen molar-refractivity contribution in [2.24, 2.45) is 0 Å². The van der Waals surface area contributed by atoms with Gasteiger partial charge in [0.15, 0.2) is 0 Å². The summed E-state index contributed by atoms with van der Waals surface area (Å²) in [6.45, 7) is 0.743. The first-order valence-electron chi connectivity index (χ1n) is 6.16. The highest BCUT2D eigenvalue weighted by atomic mass is 16.2. The van der Waals surface area contributed by atoms with Crippen LogP contribution >= 0.6 is 0 Å². The van der Waals surface area contributed by atoms with E-state index < -0.39 is 5.91 Å². The highest BCUT2D eigenvalue weighted by molar-refractivity contribution is 6.16. The number of fused-ring (bicyclic) bond motifs is 1. The van der Waals surface area contributed by atoms with E-state index in [0.29, 0.717) is 18.5 Å². The molecule has 0 aliphatic carbocycles. The van der Waals surface area contributed by atoms with Gasteiger partial charge < -0.3 is 5.32 Å². The zero-order valence-corrected chi connectivity index (χ0v) is 10.8. The second-order valence-electron chi connectivity index (χ2n) is 4.45. The van der Waals surface area contributed by atoms with E-state index in [2.05, 4.69) is 5.32 Å². The fourth-order valence-electron chi connectivity index (χ4n) is 2.28. The van der Waals surface area contributed by atoms with Crippen LogP contribution in [0.3, 0.4) is 0 Å². The summed E-state index contributed by atoms with van der Waals surface area (Å²) in [6, 6.07) is 7.47. The molecule has 1 heterocycles. The van der Waals surface area contributed by atoms with Gasteiger partial charge in [0, 0.05) is 13.0 Å². The maximum absolute atomic E-state index is 11.9. The van der Waals surface area contributed by atoms with Crippen molar-refractivity contribution in [1.29, 1.82) is 5.26 Å². The fraction of sp³-hybridized carbons (Fsp3) is 0.357. The van der Waals surface area contributed by atoms with Crippen molar-refractivity contribution in [3.05, 3.63) is 29.3 Å². The Kier molecular flexibility index (Phi) is 3.93. The van der Waals surface area contributed by atoms with E-state index in [0.717, 1.165) is 22.6 Å². The van der Waals surface area contributed by atoms with Gasteiger partial charge in [-0.2, -0.15) is 5.26 Å². The molecule has 2 rings (SSSR count). The second kappa shape index (κ2) is 5.63. The van der Waals surface area contributed by atoms with Crippen LogP contribution in [0.5, 0.6) is 0 Å². The van der Waals surface area contributed by atoms with Crippen molar-refractivity contribution in [3.8, 4) is 6.07 Å². The molecule has 1 aromatic carbocycles. The monoisotopic (exact) mass is 257 g/mol. The van der Waals surface area contributed by atoms with Crippen molar-refractivity contribution in [1.82, 2.24) is 5.32 Å². The number of nitriles is 1. The van der Waals surface area contributed by atoms with Crippen LogP contribution in [0.2, 0.25) is 0 Å². The third-order valence-corrected chi connectivity index (χ3v) is 3.10. The van der Waals surface area contributed by atoms with Crippen LogP contribution in [0, 0.1) is 11.3 Å². The van der Waals surface area contributed by atoms with E-state index >= 15 is 0 Å². The SMILES string of the molecule is CNCc1ccc2c(c1)CCC(=O)N2C(=O)CC#N. The van der Waals surface area contributed by atoms with Crippen LogP contribution in [0.4, 0.5) is 5.69 Å². The molecule has 1 aromatic rings. The minimum atomic E-state index is -0.449. The molecule has 0 fully saturated rings. The van der Waals surface area contributed by atoms with Crippen molar-refractivity contribution in [2.75, 3.05) is 11.9 Å². The van der Waals surface area contributed by atoms with E-state index in [4.69, 9.17) is 5.26 Å². The van der Waals surface area contributed by atoms with Crippen molar-refractivity contribution >= 4 is 17.5 Å². The molecule has 1 N–H and O–H groups in total. The average molecular weight is 257 g/mol. The maximum Gasteiger partial charge on any atom is 0.247 e. The molecule has 1 aliphatic rings. The van der Waals surface area contributed by atoms with Gasteiger partial charge in [-0.15, -0.1) is 0 Å². The molecule has 0 radical (unpaired) electrons. The first kappa shape index (κ1) is 13.2. The molecule has 0 saturated heterocycles. The summed E-state index contributed by atoms with van der Waals surface area (Å²) >= 11 is 0. The predicted molar refractivity (Wildman–Crippen MR) is 70.2 cm³/mol. The van der Waals surface area contributed by atoms with E-state index in [1.807, 2.05) is 19.2 Å². The van der Waals surface area contributed by atoms with Crippen LogP contribution in [0.1, 0.15) is 24.0 Å². The Bertz CT molecular complexity index is 560. The van der Waals surface area contributed by atoms with Crippen LogP contribution in [-0.2, 0) is 22.6 Å². The molecule has 1 aliphatic heterocycles. The first-order chi connectivity index (χ1) is 9.17. The molecule has 5 nitrogen and oxygen atoms in total. The molecule has 0 aromatic heterocycles. The molecular weight excluding hydrogens is 242 g/mol. The Hall–Kier alpha value is -2.19. The molecule has 0 bridgehead atoms. The highest BCUT2D eigenvalue weighted by Crippen LogP contribution is 2.29. The molecular formula is C14H15N3O2. The van der Waals surface area contributed by atoms with Crippen molar-refractivity contribution < 1.29 is 9.59 Å². The van der Waals surface area contributed by atoms with Gasteiger partial charge >= 0.3 is 0 Å². The number of nitrogens with one attached hydrogen (secondary N) is 1. The van der Waals surface area contributed by atoms with E-state index in [1.54, 1.807) is 12.1 Å². The third kappa shape index (κ3) is 2.64. The summed E-state index contributed by atoms with van der Waals surface area (Å²) in [5.74, 6) is -0.677. The van der Waals surface area contributed by atoms with Gasteiger partial charge in [-0.25, -0.2) is 4.90 Å². The smallest absolute Gasteiger partial charge is 0.247 e. The lowest BCUT2D eigenvalue weighted by molar-refractivity contribution is -0.126. The Morgan fingerprint density at radius 1 is 1.47 bits per heavy atom. The number of anilines is 1. The molecule has 0 spiro atoms.